The molecule has 0 radical (unpaired) electrons. The topological polar surface area (TPSA) is 66.9 Å². The molecule has 114 valence electrons. The first-order valence-electron chi connectivity index (χ1n) is 7.25. The number of carbonyl (C=O) groups is 1. The van der Waals surface area contributed by atoms with E-state index in [4.69, 9.17) is 0 Å². The summed E-state index contributed by atoms with van der Waals surface area (Å²) in [5.41, 5.74) is 3.15. The minimum atomic E-state index is -0.156. The maximum atomic E-state index is 12.2. The van der Waals surface area contributed by atoms with Crippen molar-refractivity contribution in [1.82, 2.24) is 15.3 Å². The lowest BCUT2D eigenvalue weighted by atomic mass is 10.2. The molecule has 1 aromatic carbocycles. The lowest BCUT2D eigenvalue weighted by Crippen LogP contribution is -2.22. The van der Waals surface area contributed by atoms with Crippen molar-refractivity contribution in [2.45, 2.75) is 6.54 Å². The van der Waals surface area contributed by atoms with Gasteiger partial charge in [-0.15, -0.1) is 0 Å². The molecule has 3 aromatic rings. The Balaban J connectivity index is 1.65. The Morgan fingerprint density at radius 1 is 0.913 bits per heavy atom. The third-order valence-corrected chi connectivity index (χ3v) is 3.25. The van der Waals surface area contributed by atoms with Crippen molar-refractivity contribution < 1.29 is 4.79 Å². The van der Waals surface area contributed by atoms with Crippen LogP contribution in [0.5, 0.6) is 0 Å². The first-order chi connectivity index (χ1) is 11.3. The number of benzene rings is 1. The fourth-order valence-corrected chi connectivity index (χ4v) is 2.12. The molecule has 0 saturated carbocycles. The van der Waals surface area contributed by atoms with E-state index in [1.54, 1.807) is 30.9 Å². The summed E-state index contributed by atoms with van der Waals surface area (Å²) in [6.07, 6.45) is 6.63. The van der Waals surface area contributed by atoms with Crippen LogP contribution in [0.15, 0.2) is 73.3 Å². The molecular weight excluding hydrogens is 288 g/mol. The fourth-order valence-electron chi connectivity index (χ4n) is 2.12. The Morgan fingerprint density at radius 2 is 1.74 bits per heavy atom. The van der Waals surface area contributed by atoms with E-state index in [0.717, 1.165) is 16.9 Å². The second-order valence-electron chi connectivity index (χ2n) is 5.00. The van der Waals surface area contributed by atoms with E-state index < -0.39 is 0 Å². The van der Waals surface area contributed by atoms with Crippen LogP contribution in [-0.4, -0.2) is 15.9 Å². The predicted octanol–water partition coefficient (Wildman–Crippen LogP) is 3.15. The van der Waals surface area contributed by atoms with Gasteiger partial charge in [0, 0.05) is 18.9 Å². The van der Waals surface area contributed by atoms with Gasteiger partial charge < -0.3 is 10.6 Å². The summed E-state index contributed by atoms with van der Waals surface area (Å²) in [5, 5.41) is 6.06. The largest absolute Gasteiger partial charge is 0.353 e. The minimum absolute atomic E-state index is 0.156. The monoisotopic (exact) mass is 304 g/mol. The smallest absolute Gasteiger partial charge is 0.253 e. The third kappa shape index (κ3) is 4.14. The van der Waals surface area contributed by atoms with E-state index in [0.29, 0.717) is 12.1 Å². The predicted molar refractivity (Wildman–Crippen MR) is 89.4 cm³/mol. The molecule has 2 heterocycles. The quantitative estimate of drug-likeness (QED) is 0.760. The molecule has 0 saturated heterocycles. The summed E-state index contributed by atoms with van der Waals surface area (Å²) in [6, 6.07) is 15.3. The molecule has 0 spiro atoms. The van der Waals surface area contributed by atoms with Gasteiger partial charge in [0.2, 0.25) is 0 Å². The van der Waals surface area contributed by atoms with Crippen molar-refractivity contribution in [2.24, 2.45) is 0 Å². The van der Waals surface area contributed by atoms with Crippen LogP contribution in [0.3, 0.4) is 0 Å². The van der Waals surface area contributed by atoms with Crippen molar-refractivity contribution >= 4 is 17.3 Å². The molecule has 3 rings (SSSR count). The number of nitrogens with one attached hydrogen (secondary N) is 2. The van der Waals surface area contributed by atoms with Crippen LogP contribution in [0.25, 0.3) is 0 Å². The molecule has 2 N–H and O–H groups in total. The maximum Gasteiger partial charge on any atom is 0.253 e. The average molecular weight is 304 g/mol. The second-order valence-corrected chi connectivity index (χ2v) is 5.00. The molecule has 0 aliphatic carbocycles. The molecule has 5 heteroatoms. The van der Waals surface area contributed by atoms with Gasteiger partial charge in [-0.05, 0) is 23.8 Å². The van der Waals surface area contributed by atoms with Gasteiger partial charge in [-0.25, -0.2) is 0 Å². The highest BCUT2D eigenvalue weighted by Gasteiger charge is 2.07. The van der Waals surface area contributed by atoms with Gasteiger partial charge in [0.05, 0.1) is 29.3 Å². The molecule has 23 heavy (non-hydrogen) atoms. The number of hydrogen-bond acceptors (Lipinski definition) is 4. The van der Waals surface area contributed by atoms with Gasteiger partial charge in [0.1, 0.15) is 0 Å². The number of nitrogens with zero attached hydrogens (tertiary/aromatic N) is 2. The number of aromatic nitrogens is 2. The summed E-state index contributed by atoms with van der Waals surface area (Å²) < 4.78 is 0. The van der Waals surface area contributed by atoms with E-state index in [-0.39, 0.29) is 5.91 Å². The van der Waals surface area contributed by atoms with Crippen LogP contribution < -0.4 is 10.6 Å². The summed E-state index contributed by atoms with van der Waals surface area (Å²) in [7, 11) is 0. The summed E-state index contributed by atoms with van der Waals surface area (Å²) in [4.78, 5) is 20.4. The lowest BCUT2D eigenvalue weighted by Gasteiger charge is -2.08. The molecule has 0 fully saturated rings. The molecular formula is C18H16N4O. The van der Waals surface area contributed by atoms with Gasteiger partial charge in [0.25, 0.3) is 5.91 Å². The zero-order chi connectivity index (χ0) is 15.9. The SMILES string of the molecule is O=C(NCc1ccccc1)c1cncc(Nc2cccnc2)c1. The van der Waals surface area contributed by atoms with Gasteiger partial charge in [-0.3, -0.25) is 14.8 Å². The fraction of sp³-hybridized carbons (Fsp3) is 0.0556. The summed E-state index contributed by atoms with van der Waals surface area (Å²) in [5.74, 6) is -0.156. The van der Waals surface area contributed by atoms with Crippen molar-refractivity contribution in [2.75, 3.05) is 5.32 Å². The van der Waals surface area contributed by atoms with E-state index in [9.17, 15) is 4.79 Å². The van der Waals surface area contributed by atoms with Gasteiger partial charge in [-0.1, -0.05) is 30.3 Å². The maximum absolute atomic E-state index is 12.2. The van der Waals surface area contributed by atoms with E-state index >= 15 is 0 Å². The van der Waals surface area contributed by atoms with Crippen LogP contribution in [0.2, 0.25) is 0 Å². The Morgan fingerprint density at radius 3 is 2.52 bits per heavy atom. The molecule has 0 atom stereocenters. The van der Waals surface area contributed by atoms with Gasteiger partial charge >= 0.3 is 0 Å². The normalized spacial score (nSPS) is 10.1. The van der Waals surface area contributed by atoms with Crippen LogP contribution in [0, 0.1) is 0 Å². The molecule has 0 aliphatic rings. The standard InChI is InChI=1S/C18H16N4O/c23-18(21-10-14-5-2-1-3-6-14)15-9-17(13-20-11-15)22-16-7-4-8-19-12-16/h1-9,11-13,22H,10H2,(H,21,23). The van der Waals surface area contributed by atoms with E-state index in [2.05, 4.69) is 20.6 Å². The number of hydrogen-bond donors (Lipinski definition) is 2. The molecule has 1 amide bonds. The van der Waals surface area contributed by atoms with E-state index in [1.165, 1.54) is 0 Å². The Labute approximate surface area is 134 Å². The van der Waals surface area contributed by atoms with Crippen LogP contribution in [-0.2, 0) is 6.54 Å². The van der Waals surface area contributed by atoms with Gasteiger partial charge in [0.15, 0.2) is 0 Å². The highest BCUT2D eigenvalue weighted by molar-refractivity contribution is 5.94. The molecule has 0 aliphatic heterocycles. The number of rotatable bonds is 5. The summed E-state index contributed by atoms with van der Waals surface area (Å²) in [6.45, 7) is 0.486. The second kappa shape index (κ2) is 7.17. The van der Waals surface area contributed by atoms with Crippen molar-refractivity contribution in [3.8, 4) is 0 Å². The number of amides is 1. The van der Waals surface area contributed by atoms with Gasteiger partial charge in [-0.2, -0.15) is 0 Å². The minimum Gasteiger partial charge on any atom is -0.353 e. The van der Waals surface area contributed by atoms with Crippen molar-refractivity contribution in [3.05, 3.63) is 84.4 Å². The zero-order valence-electron chi connectivity index (χ0n) is 12.4. The van der Waals surface area contributed by atoms with Crippen LogP contribution in [0.1, 0.15) is 15.9 Å². The number of pyridine rings is 2. The number of carbonyl (C=O) groups excluding carboxylic acids is 1. The number of anilines is 2. The third-order valence-electron chi connectivity index (χ3n) is 3.25. The van der Waals surface area contributed by atoms with Crippen LogP contribution >= 0.6 is 0 Å². The van der Waals surface area contributed by atoms with Crippen molar-refractivity contribution in [1.29, 1.82) is 0 Å². The first-order valence-corrected chi connectivity index (χ1v) is 7.25. The Kier molecular flexibility index (Phi) is 4.59. The Bertz CT molecular complexity index is 775. The highest BCUT2D eigenvalue weighted by atomic mass is 16.1. The van der Waals surface area contributed by atoms with Crippen LogP contribution in [0.4, 0.5) is 11.4 Å². The molecule has 0 unspecified atom stereocenters. The Hall–Kier alpha value is -3.21. The van der Waals surface area contributed by atoms with Crippen molar-refractivity contribution in [3.63, 3.8) is 0 Å². The molecule has 5 nitrogen and oxygen atoms in total. The molecule has 0 bridgehead atoms. The zero-order valence-corrected chi connectivity index (χ0v) is 12.4. The average Bonchev–Trinajstić information content (AvgIpc) is 2.62. The van der Waals surface area contributed by atoms with E-state index in [1.807, 2.05) is 42.5 Å². The molecule has 2 aromatic heterocycles. The first kappa shape index (κ1) is 14.7. The highest BCUT2D eigenvalue weighted by Crippen LogP contribution is 2.15. The summed E-state index contributed by atoms with van der Waals surface area (Å²) >= 11 is 0. The lowest BCUT2D eigenvalue weighted by molar-refractivity contribution is 0.0950.